The Hall–Kier alpha value is -3.06. The van der Waals surface area contributed by atoms with Gasteiger partial charge in [-0.2, -0.15) is 20.4 Å². The second-order valence-electron chi connectivity index (χ2n) is 15.4. The molecule has 3 saturated heterocycles. The van der Waals surface area contributed by atoms with Gasteiger partial charge >= 0.3 is 35.2 Å². The maximum absolute atomic E-state index is 12.6. The summed E-state index contributed by atoms with van der Waals surface area (Å²) in [5.74, 6) is 0.876. The number of aromatic amines is 1. The standard InChI is InChI=1S/C35H57N6O19P3S/c42-23(13-5-3-9-17-36-28(44)16-8-7-14-26-29-24(21-64-26)38-34(48)39-29)12-4-1-2-6-15-27(43)37-18-10-11-22-19-41(35(49)40-32(22)47)33-31(46)30(45)25(58-33)20-57-62(53,54)60-63(55,56)59-61(50,51)52/h10-11,19,24-26,29-31,33,45-46H,1-9,12-18,20-21H2,(H,36,44)(H,37,43)(H,53,54)(H,55,56)(H2,38,39,48)(H,40,47,49)(H2,50,51,52)/b11-10+/t24-,25-,26-,29-,30?,31+,33-/m1/s1. The highest BCUT2D eigenvalue weighted by Gasteiger charge is 2.47. The monoisotopic (exact) mass is 990 g/mol. The van der Waals surface area contributed by atoms with Gasteiger partial charge in [-0.05, 0) is 38.5 Å². The molecule has 11 N–H and O–H groups in total. The number of aromatic nitrogens is 2. The van der Waals surface area contributed by atoms with E-state index in [0.717, 1.165) is 63.3 Å². The van der Waals surface area contributed by atoms with E-state index in [1.54, 1.807) is 0 Å². The van der Waals surface area contributed by atoms with Gasteiger partial charge in [0, 0.05) is 56.0 Å². The fourth-order valence-corrected chi connectivity index (χ4v) is 11.7. The maximum atomic E-state index is 12.6. The van der Waals surface area contributed by atoms with Crippen molar-refractivity contribution in [1.82, 2.24) is 30.8 Å². The van der Waals surface area contributed by atoms with Crippen molar-refractivity contribution in [1.29, 1.82) is 0 Å². The summed E-state index contributed by atoms with van der Waals surface area (Å²) in [6, 6.07) is 0.286. The van der Waals surface area contributed by atoms with E-state index in [9.17, 15) is 62.5 Å². The first kappa shape index (κ1) is 53.6. The van der Waals surface area contributed by atoms with Gasteiger partial charge in [0.2, 0.25) is 11.8 Å². The number of unbranched alkanes of at least 4 members (excludes halogenated alkanes) is 6. The minimum Gasteiger partial charge on any atom is -0.387 e. The largest absolute Gasteiger partial charge is 0.490 e. The van der Waals surface area contributed by atoms with E-state index in [1.165, 1.54) is 12.2 Å². The van der Waals surface area contributed by atoms with Gasteiger partial charge in [-0.3, -0.25) is 33.3 Å². The average Bonchev–Trinajstić information content (AvgIpc) is 3.84. The van der Waals surface area contributed by atoms with Crippen LogP contribution in [0.25, 0.3) is 6.08 Å². The highest BCUT2D eigenvalue weighted by atomic mass is 32.2. The first-order valence-electron chi connectivity index (χ1n) is 20.7. The minimum atomic E-state index is -5.83. The molecule has 1 aromatic heterocycles. The molecule has 1 aromatic rings. The molecule has 0 saturated carbocycles. The van der Waals surface area contributed by atoms with Crippen LogP contribution in [0.3, 0.4) is 0 Å². The van der Waals surface area contributed by atoms with Crippen LogP contribution in [0, 0.1) is 0 Å². The molecule has 3 unspecified atom stereocenters. The van der Waals surface area contributed by atoms with Crippen molar-refractivity contribution in [3.05, 3.63) is 38.7 Å². The zero-order chi connectivity index (χ0) is 47.1. The molecule has 25 nitrogen and oxygen atoms in total. The van der Waals surface area contributed by atoms with Gasteiger partial charge in [0.1, 0.15) is 24.1 Å². The summed E-state index contributed by atoms with van der Waals surface area (Å²) >= 11 is 1.87. The van der Waals surface area contributed by atoms with Gasteiger partial charge in [-0.15, -0.1) is 0 Å². The van der Waals surface area contributed by atoms with E-state index in [-0.39, 0.29) is 54.2 Å². The lowest BCUT2D eigenvalue weighted by Crippen LogP contribution is -2.38. The Morgan fingerprint density at radius 3 is 2.16 bits per heavy atom. The predicted molar refractivity (Wildman–Crippen MR) is 227 cm³/mol. The number of nitrogens with one attached hydrogen (secondary N) is 5. The number of thioether (sulfide) groups is 1. The number of ether oxygens (including phenoxy) is 1. The second-order valence-corrected chi connectivity index (χ2v) is 21.1. The summed E-state index contributed by atoms with van der Waals surface area (Å²) in [5, 5.41) is 32.8. The molecule has 3 aliphatic rings. The highest BCUT2D eigenvalue weighted by molar-refractivity contribution is 8.00. The normalized spacial score (nSPS) is 25.0. The molecule has 29 heteroatoms. The fourth-order valence-electron chi connectivity index (χ4n) is 7.12. The van der Waals surface area contributed by atoms with Crippen molar-refractivity contribution in [3.63, 3.8) is 0 Å². The lowest BCUT2D eigenvalue weighted by Gasteiger charge is -2.19. The van der Waals surface area contributed by atoms with Gasteiger partial charge in [0.15, 0.2) is 6.23 Å². The molecule has 3 fully saturated rings. The molecule has 0 aromatic carbocycles. The lowest BCUT2D eigenvalue weighted by molar-refractivity contribution is -0.121. The van der Waals surface area contributed by atoms with Crippen molar-refractivity contribution in [2.75, 3.05) is 25.4 Å². The summed E-state index contributed by atoms with van der Waals surface area (Å²) in [6.45, 7) is -0.539. The number of nitrogens with zero attached hydrogens (tertiary/aromatic N) is 1. The molecule has 3 aliphatic heterocycles. The Labute approximate surface area is 371 Å². The van der Waals surface area contributed by atoms with Gasteiger partial charge < -0.3 is 55.8 Å². The summed E-state index contributed by atoms with van der Waals surface area (Å²) in [4.78, 5) is 111. The third-order valence-corrected chi connectivity index (χ3v) is 15.6. The number of ketones is 1. The summed E-state index contributed by atoms with van der Waals surface area (Å²) in [6.07, 6.45) is 6.07. The molecule has 4 rings (SSSR count). The predicted octanol–water partition coefficient (Wildman–Crippen LogP) is 0.941. The summed E-state index contributed by atoms with van der Waals surface area (Å²) in [7, 11) is -17.1. The maximum Gasteiger partial charge on any atom is 0.490 e. The van der Waals surface area contributed by atoms with Gasteiger partial charge in [-0.25, -0.2) is 23.3 Å². The number of H-pyrrole nitrogens is 1. The number of hydrogen-bond acceptors (Lipinski definition) is 16. The minimum absolute atomic E-state index is 0.00466. The molecule has 64 heavy (non-hydrogen) atoms. The topological polar surface area (TPSA) is 381 Å². The molecule has 9 atom stereocenters. The van der Waals surface area contributed by atoms with Gasteiger partial charge in [-0.1, -0.05) is 37.8 Å². The number of rotatable bonds is 29. The quantitative estimate of drug-likeness (QED) is 0.0302. The highest BCUT2D eigenvalue weighted by Crippen LogP contribution is 2.66. The fraction of sp³-hybridized carbons (Fsp3) is 0.714. The third kappa shape index (κ3) is 18.3. The number of aliphatic hydroxyl groups excluding tert-OH is 2. The van der Waals surface area contributed by atoms with Crippen molar-refractivity contribution in [3.8, 4) is 0 Å². The van der Waals surface area contributed by atoms with Crippen molar-refractivity contribution in [2.45, 2.75) is 132 Å². The molecule has 0 aliphatic carbocycles. The van der Waals surface area contributed by atoms with Gasteiger partial charge in [0.05, 0.1) is 24.3 Å². The Morgan fingerprint density at radius 1 is 0.828 bits per heavy atom. The number of phosphoric ester groups is 1. The molecule has 0 bridgehead atoms. The number of phosphoric acid groups is 3. The molecule has 4 heterocycles. The van der Waals surface area contributed by atoms with Crippen LogP contribution in [0.2, 0.25) is 0 Å². The van der Waals surface area contributed by atoms with E-state index in [0.29, 0.717) is 48.5 Å². The van der Waals surface area contributed by atoms with E-state index in [2.05, 4.69) is 34.4 Å². The SMILES string of the molecule is O=C(CCCCCCC(=O)NC/C=C/c1cn([C@@H]2O[C@H](COP(=O)(O)OP(=O)(O)OP(=O)(O)O)C(O)[C@@H]2O)c(=O)[nH]c1=O)CCCCCNC(=O)CCCC[C@H]1SC[C@H]2NC(=O)N[C@H]21. The first-order chi connectivity index (χ1) is 30.1. The van der Waals surface area contributed by atoms with Crippen molar-refractivity contribution < 1.29 is 80.5 Å². The molecule has 362 valence electrons. The van der Waals surface area contributed by atoms with E-state index in [1.807, 2.05) is 16.7 Å². The van der Waals surface area contributed by atoms with Crippen LogP contribution in [0.5, 0.6) is 0 Å². The molecular weight excluding hydrogens is 933 g/mol. The number of Topliss-reactive ketones (excluding diaryl/α,β-unsaturated/α-hetero) is 1. The van der Waals surface area contributed by atoms with E-state index in [4.69, 9.17) is 14.5 Å². The molecule has 4 amide bonds. The van der Waals surface area contributed by atoms with Crippen molar-refractivity contribution >= 4 is 64.9 Å². The van der Waals surface area contributed by atoms with Crippen LogP contribution in [0.4, 0.5) is 4.79 Å². The number of carbonyl (C=O) groups is 4. The van der Waals surface area contributed by atoms with Crippen LogP contribution in [0.1, 0.15) is 102 Å². The summed E-state index contributed by atoms with van der Waals surface area (Å²) in [5.41, 5.74) is -2.07. The first-order valence-corrected chi connectivity index (χ1v) is 26.3. The molecule has 0 radical (unpaired) electrons. The Bertz CT molecular complexity index is 2070. The Kier molecular flexibility index (Phi) is 21.1. The van der Waals surface area contributed by atoms with Crippen molar-refractivity contribution in [2.24, 2.45) is 0 Å². The smallest absolute Gasteiger partial charge is 0.387 e. The third-order valence-electron chi connectivity index (χ3n) is 10.3. The molecule has 0 spiro atoms. The van der Waals surface area contributed by atoms with Crippen LogP contribution < -0.4 is 32.5 Å². The van der Waals surface area contributed by atoms with Crippen LogP contribution in [-0.2, 0) is 46.0 Å². The van der Waals surface area contributed by atoms with Crippen LogP contribution in [0.15, 0.2) is 21.9 Å². The number of urea groups is 1. The van der Waals surface area contributed by atoms with Crippen LogP contribution in [-0.4, -0.2) is 124 Å². The van der Waals surface area contributed by atoms with Gasteiger partial charge in [0.25, 0.3) is 5.56 Å². The summed E-state index contributed by atoms with van der Waals surface area (Å²) < 4.78 is 52.1. The van der Waals surface area contributed by atoms with Crippen LogP contribution >= 0.6 is 35.2 Å². The number of aliphatic hydroxyl groups is 2. The number of carbonyl (C=O) groups excluding carboxylic acids is 4. The number of amides is 4. The number of hydrogen-bond donors (Lipinski definition) is 11. The van der Waals surface area contributed by atoms with E-state index < -0.39 is 65.9 Å². The Morgan fingerprint density at radius 2 is 1.47 bits per heavy atom. The van der Waals surface area contributed by atoms with E-state index >= 15 is 0 Å². The number of fused-ring (bicyclic) bond motifs is 1. The lowest BCUT2D eigenvalue weighted by atomic mass is 10.0. The second kappa shape index (κ2) is 25.2. The zero-order valence-electron chi connectivity index (χ0n) is 34.7. The Balaban J connectivity index is 1.03. The molecular formula is C35H57N6O19P3S. The average molecular weight is 991 g/mol. The zero-order valence-corrected chi connectivity index (χ0v) is 38.2.